The van der Waals surface area contributed by atoms with E-state index in [0.29, 0.717) is 0 Å². The van der Waals surface area contributed by atoms with Crippen LogP contribution in [0.4, 0.5) is 5.82 Å². The van der Waals surface area contributed by atoms with Crippen LogP contribution in [0.1, 0.15) is 23.7 Å². The second kappa shape index (κ2) is 5.08. The van der Waals surface area contributed by atoms with Crippen molar-refractivity contribution < 1.29 is 0 Å². The van der Waals surface area contributed by atoms with Crippen molar-refractivity contribution in [1.29, 1.82) is 0 Å². The Balaban J connectivity index is 2.34. The van der Waals surface area contributed by atoms with Gasteiger partial charge in [-0.25, -0.2) is 4.68 Å². The van der Waals surface area contributed by atoms with Gasteiger partial charge in [-0.1, -0.05) is 31.2 Å². The number of hydrogen-bond donors (Lipinski definition) is 1. The van der Waals surface area contributed by atoms with Crippen LogP contribution >= 0.6 is 22.6 Å². The van der Waals surface area contributed by atoms with Crippen molar-refractivity contribution in [2.75, 3.05) is 5.73 Å². The first-order chi connectivity index (χ1) is 8.13. The summed E-state index contributed by atoms with van der Waals surface area (Å²) in [5.74, 6) is 0.758. The summed E-state index contributed by atoms with van der Waals surface area (Å²) in [7, 11) is 0. The molecule has 2 rings (SSSR count). The molecule has 3 nitrogen and oxygen atoms in total. The summed E-state index contributed by atoms with van der Waals surface area (Å²) in [4.78, 5) is 0. The standard InChI is InChI=1S/C13H16IN3/c1-3-10-6-4-5-7-11(10)8-17-13(15)12(14)9(2)16-17/h4-7H,3,8,15H2,1-2H3. The molecule has 1 aromatic heterocycles. The number of aryl methyl sites for hydroxylation is 2. The number of aromatic nitrogens is 2. The molecule has 0 fully saturated rings. The Morgan fingerprint density at radius 3 is 2.47 bits per heavy atom. The topological polar surface area (TPSA) is 43.8 Å². The van der Waals surface area contributed by atoms with Gasteiger partial charge in [-0.3, -0.25) is 0 Å². The van der Waals surface area contributed by atoms with E-state index in [9.17, 15) is 0 Å². The van der Waals surface area contributed by atoms with Crippen LogP contribution in [-0.4, -0.2) is 9.78 Å². The zero-order chi connectivity index (χ0) is 12.4. The molecular weight excluding hydrogens is 325 g/mol. The molecule has 2 N–H and O–H groups in total. The van der Waals surface area contributed by atoms with E-state index in [-0.39, 0.29) is 0 Å². The highest BCUT2D eigenvalue weighted by molar-refractivity contribution is 14.1. The lowest BCUT2D eigenvalue weighted by molar-refractivity contribution is 0.684. The molecule has 0 spiro atoms. The van der Waals surface area contributed by atoms with Gasteiger partial charge in [0.1, 0.15) is 5.82 Å². The number of benzene rings is 1. The van der Waals surface area contributed by atoms with Crippen molar-refractivity contribution in [2.45, 2.75) is 26.8 Å². The average Bonchev–Trinajstić information content (AvgIpc) is 2.58. The lowest BCUT2D eigenvalue weighted by atomic mass is 10.1. The fourth-order valence-corrected chi connectivity index (χ4v) is 2.30. The van der Waals surface area contributed by atoms with Crippen molar-refractivity contribution in [1.82, 2.24) is 9.78 Å². The summed E-state index contributed by atoms with van der Waals surface area (Å²) < 4.78 is 2.93. The van der Waals surface area contributed by atoms with E-state index in [0.717, 1.165) is 28.0 Å². The van der Waals surface area contributed by atoms with Gasteiger partial charge in [0.2, 0.25) is 0 Å². The van der Waals surface area contributed by atoms with Crippen LogP contribution in [0.3, 0.4) is 0 Å². The Morgan fingerprint density at radius 2 is 1.94 bits per heavy atom. The Bertz CT molecular complexity index is 531. The first-order valence-electron chi connectivity index (χ1n) is 5.68. The van der Waals surface area contributed by atoms with Crippen LogP contribution in [0.5, 0.6) is 0 Å². The lowest BCUT2D eigenvalue weighted by Gasteiger charge is -2.09. The Labute approximate surface area is 115 Å². The van der Waals surface area contributed by atoms with Gasteiger partial charge in [0.25, 0.3) is 0 Å². The average molecular weight is 341 g/mol. The van der Waals surface area contributed by atoms with E-state index >= 15 is 0 Å². The maximum absolute atomic E-state index is 6.04. The van der Waals surface area contributed by atoms with Crippen LogP contribution in [0.15, 0.2) is 24.3 Å². The predicted octanol–water partition coefficient (Wildman–Crippen LogP) is 2.99. The van der Waals surface area contributed by atoms with Gasteiger partial charge in [0.15, 0.2) is 0 Å². The molecule has 0 aliphatic heterocycles. The third-order valence-electron chi connectivity index (χ3n) is 2.91. The molecule has 0 aliphatic carbocycles. The van der Waals surface area contributed by atoms with Gasteiger partial charge >= 0.3 is 0 Å². The molecule has 0 bridgehead atoms. The Kier molecular flexibility index (Phi) is 3.71. The Morgan fingerprint density at radius 1 is 1.29 bits per heavy atom. The number of rotatable bonds is 3. The number of anilines is 1. The van der Waals surface area contributed by atoms with Gasteiger partial charge in [-0.2, -0.15) is 5.10 Å². The highest BCUT2D eigenvalue weighted by atomic mass is 127. The molecule has 0 aliphatic rings. The van der Waals surface area contributed by atoms with E-state index in [2.05, 4.69) is 58.9 Å². The van der Waals surface area contributed by atoms with Crippen LogP contribution in [0.25, 0.3) is 0 Å². The summed E-state index contributed by atoms with van der Waals surface area (Å²) in [5, 5.41) is 4.46. The van der Waals surface area contributed by atoms with Gasteiger partial charge in [0, 0.05) is 0 Å². The quantitative estimate of drug-likeness (QED) is 0.873. The van der Waals surface area contributed by atoms with E-state index in [4.69, 9.17) is 5.73 Å². The van der Waals surface area contributed by atoms with Gasteiger partial charge in [-0.15, -0.1) is 0 Å². The SMILES string of the molecule is CCc1ccccc1Cn1nc(C)c(I)c1N. The maximum Gasteiger partial charge on any atom is 0.135 e. The molecule has 0 radical (unpaired) electrons. The highest BCUT2D eigenvalue weighted by Crippen LogP contribution is 2.20. The van der Waals surface area contributed by atoms with E-state index in [1.165, 1.54) is 11.1 Å². The van der Waals surface area contributed by atoms with Crippen LogP contribution < -0.4 is 5.73 Å². The second-order valence-electron chi connectivity index (χ2n) is 4.06. The normalized spacial score (nSPS) is 10.8. The summed E-state index contributed by atoms with van der Waals surface area (Å²) in [5.41, 5.74) is 9.68. The number of nitrogens with zero attached hydrogens (tertiary/aromatic N) is 2. The third-order valence-corrected chi connectivity index (χ3v) is 4.24. The first-order valence-corrected chi connectivity index (χ1v) is 6.76. The Hall–Kier alpha value is -1.04. The number of nitrogens with two attached hydrogens (primary N) is 1. The predicted molar refractivity (Wildman–Crippen MR) is 79.0 cm³/mol. The van der Waals surface area contributed by atoms with Gasteiger partial charge < -0.3 is 5.73 Å². The fourth-order valence-electron chi connectivity index (χ4n) is 1.92. The first kappa shape index (κ1) is 12.4. The minimum Gasteiger partial charge on any atom is -0.383 e. The molecule has 0 atom stereocenters. The van der Waals surface area contributed by atoms with Crippen molar-refractivity contribution >= 4 is 28.4 Å². The monoisotopic (exact) mass is 341 g/mol. The molecule has 1 heterocycles. The van der Waals surface area contributed by atoms with Gasteiger partial charge in [-0.05, 0) is 47.1 Å². The molecule has 0 saturated carbocycles. The van der Waals surface area contributed by atoms with Gasteiger partial charge in [0.05, 0.1) is 15.8 Å². The smallest absolute Gasteiger partial charge is 0.135 e. The minimum atomic E-state index is 0.750. The molecular formula is C13H16IN3. The zero-order valence-electron chi connectivity index (χ0n) is 10.1. The molecule has 90 valence electrons. The maximum atomic E-state index is 6.04. The molecule has 4 heteroatoms. The van der Waals surface area contributed by atoms with E-state index in [1.807, 2.05) is 11.6 Å². The molecule has 0 unspecified atom stereocenters. The number of hydrogen-bond acceptors (Lipinski definition) is 2. The molecule has 0 saturated heterocycles. The summed E-state index contributed by atoms with van der Waals surface area (Å²) in [6.45, 7) is 4.90. The van der Waals surface area contributed by atoms with Crippen molar-refractivity contribution in [3.8, 4) is 0 Å². The minimum absolute atomic E-state index is 0.750. The summed E-state index contributed by atoms with van der Waals surface area (Å²) >= 11 is 2.24. The zero-order valence-corrected chi connectivity index (χ0v) is 12.2. The largest absolute Gasteiger partial charge is 0.383 e. The second-order valence-corrected chi connectivity index (χ2v) is 5.14. The van der Waals surface area contributed by atoms with Crippen LogP contribution in [0, 0.1) is 10.5 Å². The fraction of sp³-hybridized carbons (Fsp3) is 0.308. The van der Waals surface area contributed by atoms with Crippen LogP contribution in [0.2, 0.25) is 0 Å². The van der Waals surface area contributed by atoms with Crippen molar-refractivity contribution in [2.24, 2.45) is 0 Å². The van der Waals surface area contributed by atoms with Crippen LogP contribution in [-0.2, 0) is 13.0 Å². The number of nitrogen functional groups attached to an aromatic ring is 1. The molecule has 2 aromatic rings. The van der Waals surface area contributed by atoms with Crippen molar-refractivity contribution in [3.05, 3.63) is 44.7 Å². The molecule has 17 heavy (non-hydrogen) atoms. The number of halogens is 1. The summed E-state index contributed by atoms with van der Waals surface area (Å²) in [6, 6.07) is 8.44. The van der Waals surface area contributed by atoms with E-state index in [1.54, 1.807) is 0 Å². The highest BCUT2D eigenvalue weighted by Gasteiger charge is 2.10. The third kappa shape index (κ3) is 2.46. The van der Waals surface area contributed by atoms with Crippen molar-refractivity contribution in [3.63, 3.8) is 0 Å². The lowest BCUT2D eigenvalue weighted by Crippen LogP contribution is -2.08. The summed E-state index contributed by atoms with van der Waals surface area (Å²) in [6.07, 6.45) is 1.04. The molecule has 1 aromatic carbocycles. The van der Waals surface area contributed by atoms with E-state index < -0.39 is 0 Å². The molecule has 0 amide bonds.